The highest BCUT2D eigenvalue weighted by Crippen LogP contribution is 2.48. The molecule has 170 valence electrons. The highest BCUT2D eigenvalue weighted by atomic mass is 79.9. The van der Waals surface area contributed by atoms with Crippen molar-refractivity contribution in [3.8, 4) is 0 Å². The molecule has 6 rings (SSSR count). The lowest BCUT2D eigenvalue weighted by Gasteiger charge is -2.40. The van der Waals surface area contributed by atoms with Gasteiger partial charge in [-0.15, -0.1) is 0 Å². The molecule has 3 aromatic rings. The molecule has 0 amide bonds. The topological polar surface area (TPSA) is 53.2 Å². The molecule has 1 spiro atoms. The van der Waals surface area contributed by atoms with Crippen LogP contribution in [0.5, 0.6) is 0 Å². The molecule has 2 aromatic carbocycles. The first-order chi connectivity index (χ1) is 15.7. The molecule has 2 aliphatic carbocycles. The first-order valence-corrected chi connectivity index (χ1v) is 12.8. The maximum atomic E-state index is 12.5. The molecule has 0 atom stereocenters. The van der Waals surface area contributed by atoms with Crippen molar-refractivity contribution in [3.63, 3.8) is 0 Å². The summed E-state index contributed by atoms with van der Waals surface area (Å²) in [6, 6.07) is 10.8. The third-order valence-corrected chi connectivity index (χ3v) is 9.11. The summed E-state index contributed by atoms with van der Waals surface area (Å²) < 4.78 is 1.07. The zero-order valence-electron chi connectivity index (χ0n) is 18.9. The SMILES string of the molecule is CC1(C)c2cc(N3CCC4(CC3)C(=O)CCC4=O)c(Cl)cc2Cc2c1[nH]c1cc(Br)ccc21. The Balaban J connectivity index is 1.37. The molecule has 33 heavy (non-hydrogen) atoms. The summed E-state index contributed by atoms with van der Waals surface area (Å²) in [6.07, 6.45) is 2.87. The van der Waals surface area contributed by atoms with Crippen LogP contribution in [0.4, 0.5) is 5.69 Å². The number of Topliss-reactive ketones (excluding diaryl/α,β-unsaturated/α-hetero) is 2. The van der Waals surface area contributed by atoms with Crippen molar-refractivity contribution >= 4 is 55.7 Å². The van der Waals surface area contributed by atoms with Gasteiger partial charge in [-0.25, -0.2) is 0 Å². The van der Waals surface area contributed by atoms with E-state index in [2.05, 4.69) is 70.0 Å². The van der Waals surface area contributed by atoms with Gasteiger partial charge < -0.3 is 9.88 Å². The van der Waals surface area contributed by atoms with Crippen LogP contribution in [-0.4, -0.2) is 29.6 Å². The molecule has 2 heterocycles. The van der Waals surface area contributed by atoms with Crippen molar-refractivity contribution in [2.45, 2.75) is 51.4 Å². The molecule has 1 saturated carbocycles. The lowest BCUT2D eigenvalue weighted by Crippen LogP contribution is -2.46. The van der Waals surface area contributed by atoms with Crippen LogP contribution in [0.15, 0.2) is 34.8 Å². The summed E-state index contributed by atoms with van der Waals surface area (Å²) in [5, 5.41) is 2.01. The Morgan fingerprint density at radius 1 is 1.03 bits per heavy atom. The van der Waals surface area contributed by atoms with E-state index in [4.69, 9.17) is 11.6 Å². The summed E-state index contributed by atoms with van der Waals surface area (Å²) in [6.45, 7) is 5.91. The number of carbonyl (C=O) groups excluding carboxylic acids is 2. The number of aromatic nitrogens is 1. The molecule has 1 saturated heterocycles. The fourth-order valence-electron chi connectivity index (χ4n) is 6.39. The highest BCUT2D eigenvalue weighted by molar-refractivity contribution is 9.10. The number of hydrogen-bond acceptors (Lipinski definition) is 3. The summed E-state index contributed by atoms with van der Waals surface area (Å²) in [4.78, 5) is 30.9. The lowest BCUT2D eigenvalue weighted by molar-refractivity contribution is -0.136. The summed E-state index contributed by atoms with van der Waals surface area (Å²) >= 11 is 10.4. The van der Waals surface area contributed by atoms with Gasteiger partial charge in [0.15, 0.2) is 0 Å². The van der Waals surface area contributed by atoms with E-state index < -0.39 is 5.41 Å². The van der Waals surface area contributed by atoms with Crippen LogP contribution >= 0.6 is 27.5 Å². The van der Waals surface area contributed by atoms with E-state index in [1.54, 1.807) is 0 Å². The van der Waals surface area contributed by atoms with Crippen molar-refractivity contribution in [2.24, 2.45) is 5.41 Å². The average Bonchev–Trinajstić information content (AvgIpc) is 3.27. The maximum Gasteiger partial charge on any atom is 0.146 e. The molecule has 2 fully saturated rings. The minimum atomic E-state index is -0.732. The Morgan fingerprint density at radius 3 is 2.42 bits per heavy atom. The molecule has 1 N–H and O–H groups in total. The van der Waals surface area contributed by atoms with Crippen LogP contribution in [0.25, 0.3) is 10.9 Å². The molecular formula is C27H26BrClN2O2. The van der Waals surface area contributed by atoms with Crippen molar-refractivity contribution in [1.82, 2.24) is 4.98 Å². The molecule has 0 radical (unpaired) electrons. The van der Waals surface area contributed by atoms with E-state index in [1.807, 2.05) is 0 Å². The number of carbonyl (C=O) groups is 2. The third-order valence-electron chi connectivity index (χ3n) is 8.31. The quantitative estimate of drug-likeness (QED) is 0.378. The third kappa shape index (κ3) is 3.01. The van der Waals surface area contributed by atoms with E-state index in [-0.39, 0.29) is 17.0 Å². The van der Waals surface area contributed by atoms with Gasteiger partial charge in [-0.1, -0.05) is 47.4 Å². The number of fused-ring (bicyclic) bond motifs is 4. The van der Waals surface area contributed by atoms with Gasteiger partial charge in [0.2, 0.25) is 0 Å². The predicted molar refractivity (Wildman–Crippen MR) is 136 cm³/mol. The van der Waals surface area contributed by atoms with Crippen LogP contribution in [0.3, 0.4) is 0 Å². The second kappa shape index (κ2) is 7.19. The number of nitrogens with one attached hydrogen (secondary N) is 1. The number of halogens is 2. The predicted octanol–water partition coefficient (Wildman–Crippen LogP) is 6.33. The number of benzene rings is 2. The Morgan fingerprint density at radius 2 is 1.73 bits per heavy atom. The number of anilines is 1. The molecule has 1 aliphatic heterocycles. The van der Waals surface area contributed by atoms with Gasteiger partial charge in [-0.05, 0) is 53.8 Å². The van der Waals surface area contributed by atoms with E-state index in [9.17, 15) is 9.59 Å². The molecular weight excluding hydrogens is 500 g/mol. The number of ketones is 2. The largest absolute Gasteiger partial charge is 0.370 e. The van der Waals surface area contributed by atoms with E-state index >= 15 is 0 Å². The Bertz CT molecular complexity index is 1330. The van der Waals surface area contributed by atoms with Crippen molar-refractivity contribution in [3.05, 3.63) is 62.2 Å². The van der Waals surface area contributed by atoms with Crippen molar-refractivity contribution < 1.29 is 9.59 Å². The zero-order chi connectivity index (χ0) is 23.1. The standard InChI is InChI=1S/C27H26BrClN2O2/c1-26(2)19-14-22(31-9-7-27(8-10-31)23(32)5-6-24(27)33)20(29)12-15(19)11-18-17-4-3-16(28)13-21(17)30-25(18)26/h3-4,12-14,30H,5-11H2,1-2H3. The first-order valence-electron chi connectivity index (χ1n) is 11.7. The van der Waals surface area contributed by atoms with Gasteiger partial charge in [0.1, 0.15) is 11.6 Å². The van der Waals surface area contributed by atoms with Crippen molar-refractivity contribution in [2.75, 3.05) is 18.0 Å². The number of hydrogen-bond donors (Lipinski definition) is 1. The second-order valence-electron chi connectivity index (χ2n) is 10.3. The van der Waals surface area contributed by atoms with Gasteiger partial charge in [0, 0.05) is 58.8 Å². The number of piperidine rings is 1. The first kappa shape index (κ1) is 21.4. The van der Waals surface area contributed by atoms with Gasteiger partial charge in [-0.3, -0.25) is 9.59 Å². The fourth-order valence-corrected chi connectivity index (χ4v) is 7.06. The zero-order valence-corrected chi connectivity index (χ0v) is 21.2. The minimum Gasteiger partial charge on any atom is -0.370 e. The fraction of sp³-hybridized carbons (Fsp3) is 0.407. The average molecular weight is 526 g/mol. The number of H-pyrrole nitrogens is 1. The molecule has 4 nitrogen and oxygen atoms in total. The normalized spacial score (nSPS) is 21.0. The van der Waals surface area contributed by atoms with Gasteiger partial charge in [-0.2, -0.15) is 0 Å². The molecule has 1 aromatic heterocycles. The van der Waals surface area contributed by atoms with Crippen molar-refractivity contribution in [1.29, 1.82) is 0 Å². The monoisotopic (exact) mass is 524 g/mol. The Hall–Kier alpha value is -2.11. The maximum absolute atomic E-state index is 12.5. The smallest absolute Gasteiger partial charge is 0.146 e. The molecule has 0 bridgehead atoms. The molecule has 3 aliphatic rings. The van der Waals surface area contributed by atoms with Crippen LogP contribution in [0.2, 0.25) is 5.02 Å². The van der Waals surface area contributed by atoms with Gasteiger partial charge in [0.25, 0.3) is 0 Å². The number of aromatic amines is 1. The number of nitrogens with zero attached hydrogens (tertiary/aromatic N) is 1. The molecule has 6 heteroatoms. The van der Waals surface area contributed by atoms with Crippen LogP contribution in [-0.2, 0) is 21.4 Å². The van der Waals surface area contributed by atoms with Crippen LogP contribution in [0.1, 0.15) is 61.9 Å². The highest BCUT2D eigenvalue weighted by Gasteiger charge is 2.50. The second-order valence-corrected chi connectivity index (χ2v) is 11.7. The lowest BCUT2D eigenvalue weighted by atomic mass is 9.71. The summed E-state index contributed by atoms with van der Waals surface area (Å²) in [7, 11) is 0. The summed E-state index contributed by atoms with van der Waals surface area (Å²) in [5.74, 6) is 0.283. The van der Waals surface area contributed by atoms with Gasteiger partial charge in [0.05, 0.1) is 16.1 Å². The van der Waals surface area contributed by atoms with E-state index in [1.165, 1.54) is 27.8 Å². The van der Waals surface area contributed by atoms with E-state index in [0.29, 0.717) is 38.8 Å². The van der Waals surface area contributed by atoms with E-state index in [0.717, 1.165) is 27.1 Å². The summed E-state index contributed by atoms with van der Waals surface area (Å²) in [5.41, 5.74) is 6.39. The van der Waals surface area contributed by atoms with Crippen LogP contribution in [0, 0.1) is 5.41 Å². The van der Waals surface area contributed by atoms with Gasteiger partial charge >= 0.3 is 0 Å². The van der Waals surface area contributed by atoms with Crippen LogP contribution < -0.4 is 4.90 Å². The minimum absolute atomic E-state index is 0.141. The Labute approximate surface area is 206 Å². The molecule has 0 unspecified atom stereocenters. The Kier molecular flexibility index (Phi) is 4.67. The number of rotatable bonds is 1.